The Morgan fingerprint density at radius 3 is 2.52 bits per heavy atom. The molecule has 1 aliphatic heterocycles. The first-order valence-corrected chi connectivity index (χ1v) is 10.3. The smallest absolute Gasteiger partial charge is 0.253 e. The van der Waals surface area contributed by atoms with Crippen molar-refractivity contribution in [2.45, 2.75) is 18.4 Å². The summed E-state index contributed by atoms with van der Waals surface area (Å²) in [6, 6.07) is 14.1. The number of hydrogen-bond acceptors (Lipinski definition) is 4. The fraction of sp³-hybridized carbons (Fsp3) is 0.350. The van der Waals surface area contributed by atoms with Crippen LogP contribution < -0.4 is 0 Å². The third-order valence-electron chi connectivity index (χ3n) is 4.70. The molecule has 0 radical (unpaired) electrons. The summed E-state index contributed by atoms with van der Waals surface area (Å²) in [7, 11) is -1.91. The molecule has 1 heterocycles. The monoisotopic (exact) mass is 388 g/mol. The van der Waals surface area contributed by atoms with Gasteiger partial charge in [-0.1, -0.05) is 30.3 Å². The van der Waals surface area contributed by atoms with Crippen molar-refractivity contribution in [2.24, 2.45) is 0 Å². The summed E-state index contributed by atoms with van der Waals surface area (Å²) >= 11 is 0. The Labute approximate surface area is 160 Å². The first-order chi connectivity index (χ1) is 12.9. The van der Waals surface area contributed by atoms with E-state index in [1.165, 1.54) is 16.4 Å². The van der Waals surface area contributed by atoms with Crippen molar-refractivity contribution >= 4 is 15.9 Å². The quantitative estimate of drug-likeness (QED) is 0.788. The Hall–Kier alpha value is -2.22. The number of sulfonamides is 1. The molecule has 2 aromatic rings. The number of aryl methyl sites for hydroxylation is 1. The van der Waals surface area contributed by atoms with Crippen molar-refractivity contribution in [2.75, 3.05) is 33.4 Å². The number of benzene rings is 2. The van der Waals surface area contributed by atoms with Crippen LogP contribution in [-0.4, -0.2) is 56.9 Å². The second-order valence-corrected chi connectivity index (χ2v) is 8.57. The number of morpholine rings is 1. The molecule has 0 spiro atoms. The van der Waals surface area contributed by atoms with Crippen LogP contribution in [0.25, 0.3) is 0 Å². The molecule has 0 aliphatic carbocycles. The lowest BCUT2D eigenvalue weighted by Crippen LogP contribution is -2.40. The Balaban J connectivity index is 1.80. The van der Waals surface area contributed by atoms with E-state index in [1.807, 2.05) is 31.2 Å². The number of carbonyl (C=O) groups excluding carboxylic acids is 1. The van der Waals surface area contributed by atoms with Crippen LogP contribution in [0.4, 0.5) is 0 Å². The zero-order chi connectivity index (χ0) is 19.4. The van der Waals surface area contributed by atoms with Crippen molar-refractivity contribution in [3.63, 3.8) is 0 Å². The van der Waals surface area contributed by atoms with Gasteiger partial charge in [0.05, 0.1) is 18.1 Å². The van der Waals surface area contributed by atoms with Gasteiger partial charge in [-0.3, -0.25) is 4.79 Å². The van der Waals surface area contributed by atoms with E-state index >= 15 is 0 Å². The first kappa shape index (κ1) is 19.5. The molecule has 7 heteroatoms. The molecular formula is C20H24N2O4S. The average Bonchev–Trinajstić information content (AvgIpc) is 2.70. The number of carbonyl (C=O) groups is 1. The van der Waals surface area contributed by atoms with Crippen LogP contribution in [0.3, 0.4) is 0 Å². The maximum atomic E-state index is 12.8. The zero-order valence-corrected chi connectivity index (χ0v) is 16.4. The van der Waals surface area contributed by atoms with Crippen LogP contribution in [0.2, 0.25) is 0 Å². The van der Waals surface area contributed by atoms with E-state index in [0.29, 0.717) is 38.4 Å². The maximum absolute atomic E-state index is 12.8. The zero-order valence-electron chi connectivity index (χ0n) is 15.6. The number of ether oxygens (including phenoxy) is 1. The lowest BCUT2D eigenvalue weighted by Gasteiger charge is -2.26. The highest BCUT2D eigenvalue weighted by atomic mass is 32.2. The molecule has 0 unspecified atom stereocenters. The molecule has 2 aromatic carbocycles. The topological polar surface area (TPSA) is 66.9 Å². The number of nitrogens with zero attached hydrogens (tertiary/aromatic N) is 2. The minimum atomic E-state index is -3.63. The summed E-state index contributed by atoms with van der Waals surface area (Å²) < 4.78 is 32.2. The lowest BCUT2D eigenvalue weighted by atomic mass is 10.1. The molecular weight excluding hydrogens is 364 g/mol. The molecule has 0 bridgehead atoms. The van der Waals surface area contributed by atoms with E-state index in [-0.39, 0.29) is 10.8 Å². The van der Waals surface area contributed by atoms with Gasteiger partial charge in [0.25, 0.3) is 5.91 Å². The first-order valence-electron chi connectivity index (χ1n) is 8.87. The van der Waals surface area contributed by atoms with Gasteiger partial charge in [0, 0.05) is 32.2 Å². The fourth-order valence-electron chi connectivity index (χ4n) is 3.06. The van der Waals surface area contributed by atoms with Crippen molar-refractivity contribution in [3.8, 4) is 0 Å². The van der Waals surface area contributed by atoms with Gasteiger partial charge in [-0.15, -0.1) is 0 Å². The van der Waals surface area contributed by atoms with Gasteiger partial charge in [-0.25, -0.2) is 8.42 Å². The highest BCUT2D eigenvalue weighted by Gasteiger charge is 2.27. The molecule has 1 amide bonds. The summed E-state index contributed by atoms with van der Waals surface area (Å²) in [6.45, 7) is 3.89. The predicted octanol–water partition coefficient (Wildman–Crippen LogP) is 2.29. The van der Waals surface area contributed by atoms with E-state index in [0.717, 1.165) is 11.1 Å². The van der Waals surface area contributed by atoms with E-state index in [9.17, 15) is 13.2 Å². The standard InChI is InChI=1S/C20H24N2O4S/c1-16-6-3-4-7-18(16)15-21(2)20(23)17-8-5-9-19(14-17)27(24,25)22-10-12-26-13-11-22/h3-9,14H,10-13,15H2,1-2H3. The fourth-order valence-corrected chi connectivity index (χ4v) is 4.52. The third-order valence-corrected chi connectivity index (χ3v) is 6.60. The third kappa shape index (κ3) is 4.37. The van der Waals surface area contributed by atoms with Gasteiger partial charge in [-0.2, -0.15) is 4.31 Å². The molecule has 27 heavy (non-hydrogen) atoms. The van der Waals surface area contributed by atoms with Crippen molar-refractivity contribution in [1.82, 2.24) is 9.21 Å². The number of amides is 1. The van der Waals surface area contributed by atoms with Crippen LogP contribution in [-0.2, 0) is 21.3 Å². The van der Waals surface area contributed by atoms with Crippen LogP contribution in [0.5, 0.6) is 0 Å². The second-order valence-electron chi connectivity index (χ2n) is 6.63. The SMILES string of the molecule is Cc1ccccc1CN(C)C(=O)c1cccc(S(=O)(=O)N2CCOCC2)c1. The molecule has 1 fully saturated rings. The molecule has 0 aromatic heterocycles. The number of rotatable bonds is 5. The Morgan fingerprint density at radius 2 is 1.81 bits per heavy atom. The minimum Gasteiger partial charge on any atom is -0.379 e. The normalized spacial score (nSPS) is 15.5. The highest BCUT2D eigenvalue weighted by Crippen LogP contribution is 2.20. The van der Waals surface area contributed by atoms with E-state index < -0.39 is 10.0 Å². The molecule has 0 saturated carbocycles. The molecule has 144 valence electrons. The van der Waals surface area contributed by atoms with Crippen molar-refractivity contribution in [3.05, 3.63) is 65.2 Å². The predicted molar refractivity (Wildman–Crippen MR) is 103 cm³/mol. The molecule has 3 rings (SSSR count). The van der Waals surface area contributed by atoms with Gasteiger partial charge >= 0.3 is 0 Å². The Kier molecular flexibility index (Phi) is 5.94. The summed E-state index contributed by atoms with van der Waals surface area (Å²) in [4.78, 5) is 14.6. The average molecular weight is 388 g/mol. The van der Waals surface area contributed by atoms with E-state index in [2.05, 4.69) is 0 Å². The highest BCUT2D eigenvalue weighted by molar-refractivity contribution is 7.89. The van der Waals surface area contributed by atoms with Crippen molar-refractivity contribution < 1.29 is 17.9 Å². The molecule has 0 N–H and O–H groups in total. The van der Waals surface area contributed by atoms with E-state index in [4.69, 9.17) is 4.74 Å². The van der Waals surface area contributed by atoms with Gasteiger partial charge < -0.3 is 9.64 Å². The summed E-state index contributed by atoms with van der Waals surface area (Å²) in [5.41, 5.74) is 2.53. The summed E-state index contributed by atoms with van der Waals surface area (Å²) in [5.74, 6) is -0.211. The van der Waals surface area contributed by atoms with E-state index in [1.54, 1.807) is 24.1 Å². The van der Waals surface area contributed by atoms with Crippen molar-refractivity contribution in [1.29, 1.82) is 0 Å². The molecule has 6 nitrogen and oxygen atoms in total. The minimum absolute atomic E-state index is 0.138. The summed E-state index contributed by atoms with van der Waals surface area (Å²) in [5, 5.41) is 0. The summed E-state index contributed by atoms with van der Waals surface area (Å²) in [6.07, 6.45) is 0. The van der Waals surface area contributed by atoms with Gasteiger partial charge in [0.15, 0.2) is 0 Å². The lowest BCUT2D eigenvalue weighted by molar-refractivity contribution is 0.0730. The van der Waals surface area contributed by atoms with Crippen LogP contribution in [0.15, 0.2) is 53.4 Å². The van der Waals surface area contributed by atoms with Crippen LogP contribution in [0, 0.1) is 6.92 Å². The Bertz CT molecular complexity index is 921. The largest absolute Gasteiger partial charge is 0.379 e. The number of hydrogen-bond donors (Lipinski definition) is 0. The maximum Gasteiger partial charge on any atom is 0.253 e. The van der Waals surface area contributed by atoms with Gasteiger partial charge in [0.2, 0.25) is 10.0 Å². The molecule has 0 atom stereocenters. The molecule has 1 saturated heterocycles. The van der Waals surface area contributed by atoms with Gasteiger partial charge in [-0.05, 0) is 36.2 Å². The molecule has 1 aliphatic rings. The second kappa shape index (κ2) is 8.21. The van der Waals surface area contributed by atoms with Gasteiger partial charge in [0.1, 0.15) is 0 Å². The van der Waals surface area contributed by atoms with Crippen LogP contribution in [0.1, 0.15) is 21.5 Å². The Morgan fingerprint density at radius 1 is 1.11 bits per heavy atom. The van der Waals surface area contributed by atoms with Crippen LogP contribution >= 0.6 is 0 Å².